The summed E-state index contributed by atoms with van der Waals surface area (Å²) in [5.74, 6) is -0.307. The molecule has 1 aliphatic rings. The fourth-order valence-electron chi connectivity index (χ4n) is 2.16. The van der Waals surface area contributed by atoms with Gasteiger partial charge in [-0.15, -0.1) is 0 Å². The summed E-state index contributed by atoms with van der Waals surface area (Å²) in [7, 11) is 1.68. The summed E-state index contributed by atoms with van der Waals surface area (Å²) >= 11 is 0. The molecule has 0 aromatic rings. The molecule has 6 nitrogen and oxygen atoms in total. The average molecular weight is 267 g/mol. The van der Waals surface area contributed by atoms with E-state index in [9.17, 15) is 9.59 Å². The molecule has 1 amide bonds. The van der Waals surface area contributed by atoms with Gasteiger partial charge in [0.25, 0.3) is 0 Å². The first-order valence-corrected chi connectivity index (χ1v) is 6.61. The molecule has 1 rings (SSSR count). The summed E-state index contributed by atoms with van der Waals surface area (Å²) in [6.07, 6.45) is 1.97. The van der Waals surface area contributed by atoms with Crippen LogP contribution in [0.2, 0.25) is 0 Å². The first-order chi connectivity index (χ1) is 9.10. The zero-order valence-electron chi connectivity index (χ0n) is 11.6. The zero-order valence-corrected chi connectivity index (χ0v) is 11.6. The maximum absolute atomic E-state index is 12.0. The molecule has 1 heterocycles. The Labute approximate surface area is 113 Å². The Bertz CT molecular complexity index is 365. The third-order valence-corrected chi connectivity index (χ3v) is 3.25. The molecular weight excluding hydrogens is 246 g/mol. The Hall–Kier alpha value is -1.61. The van der Waals surface area contributed by atoms with Gasteiger partial charge in [0.15, 0.2) is 0 Å². The van der Waals surface area contributed by atoms with Crippen molar-refractivity contribution in [3.63, 3.8) is 0 Å². The van der Waals surface area contributed by atoms with Crippen molar-refractivity contribution in [2.75, 3.05) is 33.3 Å². The van der Waals surface area contributed by atoms with Gasteiger partial charge in [-0.3, -0.25) is 14.5 Å². The minimum atomic E-state index is -0.298. The van der Waals surface area contributed by atoms with E-state index >= 15 is 0 Å². The second-order valence-electron chi connectivity index (χ2n) is 4.60. The number of amides is 1. The average Bonchev–Trinajstić information content (AvgIpc) is 2.84. The number of nitrogens with zero attached hydrogens (tertiary/aromatic N) is 3. The van der Waals surface area contributed by atoms with E-state index in [0.29, 0.717) is 19.6 Å². The largest absolute Gasteiger partial charge is 0.465 e. The number of likely N-dealkylation sites (tertiary alicyclic amines) is 1. The fraction of sp³-hybridized carbons (Fsp3) is 0.769. The molecule has 0 radical (unpaired) electrons. The Morgan fingerprint density at radius 3 is 2.89 bits per heavy atom. The molecule has 1 fully saturated rings. The van der Waals surface area contributed by atoms with Gasteiger partial charge in [-0.05, 0) is 26.3 Å². The predicted octanol–water partition coefficient (Wildman–Crippen LogP) is 0.386. The third-order valence-electron chi connectivity index (χ3n) is 3.25. The second kappa shape index (κ2) is 7.74. The van der Waals surface area contributed by atoms with E-state index in [1.54, 1.807) is 14.0 Å². The summed E-state index contributed by atoms with van der Waals surface area (Å²) in [6, 6.07) is 1.71. The SMILES string of the molecule is CCOC(=O)C1CCCN1CC(=O)N(C)CCC#N. The number of rotatable bonds is 6. The lowest BCUT2D eigenvalue weighted by Gasteiger charge is -2.24. The highest BCUT2D eigenvalue weighted by atomic mass is 16.5. The maximum atomic E-state index is 12.0. The number of carbonyl (C=O) groups is 2. The van der Waals surface area contributed by atoms with Gasteiger partial charge in [-0.1, -0.05) is 0 Å². The number of nitriles is 1. The van der Waals surface area contributed by atoms with Crippen LogP contribution in [0.15, 0.2) is 0 Å². The van der Waals surface area contributed by atoms with Crippen LogP contribution < -0.4 is 0 Å². The summed E-state index contributed by atoms with van der Waals surface area (Å²) in [6.45, 7) is 3.51. The molecule has 0 spiro atoms. The number of hydrogen-bond donors (Lipinski definition) is 0. The third kappa shape index (κ3) is 4.52. The van der Waals surface area contributed by atoms with E-state index in [-0.39, 0.29) is 24.5 Å². The molecule has 0 N–H and O–H groups in total. The minimum absolute atomic E-state index is 0.0635. The summed E-state index contributed by atoms with van der Waals surface area (Å²) in [5, 5.41) is 8.50. The monoisotopic (exact) mass is 267 g/mol. The van der Waals surface area contributed by atoms with Gasteiger partial charge < -0.3 is 9.64 Å². The first kappa shape index (κ1) is 15.4. The van der Waals surface area contributed by atoms with E-state index in [1.807, 2.05) is 11.0 Å². The quantitative estimate of drug-likeness (QED) is 0.651. The van der Waals surface area contributed by atoms with E-state index in [0.717, 1.165) is 19.4 Å². The van der Waals surface area contributed by atoms with Gasteiger partial charge in [-0.2, -0.15) is 5.26 Å². The Morgan fingerprint density at radius 2 is 2.26 bits per heavy atom. The number of ether oxygens (including phenoxy) is 1. The molecule has 1 saturated heterocycles. The smallest absolute Gasteiger partial charge is 0.323 e. The van der Waals surface area contributed by atoms with Crippen molar-refractivity contribution < 1.29 is 14.3 Å². The minimum Gasteiger partial charge on any atom is -0.465 e. The molecule has 0 aromatic heterocycles. The van der Waals surface area contributed by atoms with E-state index < -0.39 is 0 Å². The van der Waals surface area contributed by atoms with Gasteiger partial charge in [0.1, 0.15) is 6.04 Å². The summed E-state index contributed by atoms with van der Waals surface area (Å²) < 4.78 is 5.01. The van der Waals surface area contributed by atoms with Crippen LogP contribution >= 0.6 is 0 Å². The molecule has 106 valence electrons. The molecule has 1 unspecified atom stereocenters. The predicted molar refractivity (Wildman–Crippen MR) is 69.1 cm³/mol. The van der Waals surface area contributed by atoms with Crippen molar-refractivity contribution >= 4 is 11.9 Å². The van der Waals surface area contributed by atoms with Crippen LogP contribution in [0.4, 0.5) is 0 Å². The van der Waals surface area contributed by atoms with E-state index in [4.69, 9.17) is 10.00 Å². The molecule has 19 heavy (non-hydrogen) atoms. The number of esters is 1. The van der Waals surface area contributed by atoms with Crippen molar-refractivity contribution in [1.82, 2.24) is 9.80 Å². The van der Waals surface area contributed by atoms with E-state index in [1.165, 1.54) is 4.90 Å². The molecule has 0 aliphatic carbocycles. The lowest BCUT2D eigenvalue weighted by molar-refractivity contribution is -0.149. The zero-order chi connectivity index (χ0) is 14.3. The van der Waals surface area contributed by atoms with Gasteiger partial charge in [0.2, 0.25) is 5.91 Å². The van der Waals surface area contributed by atoms with Crippen molar-refractivity contribution in [2.45, 2.75) is 32.2 Å². The topological polar surface area (TPSA) is 73.6 Å². The Balaban J connectivity index is 2.48. The molecule has 0 bridgehead atoms. The number of hydrogen-bond acceptors (Lipinski definition) is 5. The summed E-state index contributed by atoms with van der Waals surface area (Å²) in [5.41, 5.74) is 0. The van der Waals surface area contributed by atoms with Crippen LogP contribution in [-0.2, 0) is 14.3 Å². The molecule has 0 aromatic carbocycles. The van der Waals surface area contributed by atoms with Crippen molar-refractivity contribution in [3.05, 3.63) is 0 Å². The maximum Gasteiger partial charge on any atom is 0.323 e. The number of likely N-dealkylation sites (N-methyl/N-ethyl adjacent to an activating group) is 1. The molecule has 1 atom stereocenters. The highest BCUT2D eigenvalue weighted by Crippen LogP contribution is 2.18. The lowest BCUT2D eigenvalue weighted by Crippen LogP contribution is -2.44. The molecular formula is C13H21N3O3. The van der Waals surface area contributed by atoms with Crippen LogP contribution in [-0.4, -0.2) is 61.0 Å². The second-order valence-corrected chi connectivity index (χ2v) is 4.60. The molecule has 1 aliphatic heterocycles. The Morgan fingerprint density at radius 1 is 1.53 bits per heavy atom. The number of carbonyl (C=O) groups excluding carboxylic acids is 2. The van der Waals surface area contributed by atoms with Crippen LogP contribution in [0.5, 0.6) is 0 Å². The lowest BCUT2D eigenvalue weighted by atomic mass is 10.2. The van der Waals surface area contributed by atoms with Gasteiger partial charge >= 0.3 is 5.97 Å². The molecule has 0 saturated carbocycles. The normalized spacial score (nSPS) is 18.9. The van der Waals surface area contributed by atoms with Gasteiger partial charge in [-0.25, -0.2) is 0 Å². The van der Waals surface area contributed by atoms with E-state index in [2.05, 4.69) is 0 Å². The highest BCUT2D eigenvalue weighted by molar-refractivity contribution is 5.80. The fourth-order valence-corrected chi connectivity index (χ4v) is 2.16. The van der Waals surface area contributed by atoms with Crippen LogP contribution in [0.3, 0.4) is 0 Å². The van der Waals surface area contributed by atoms with Crippen molar-refractivity contribution in [3.8, 4) is 6.07 Å². The van der Waals surface area contributed by atoms with Crippen LogP contribution in [0.25, 0.3) is 0 Å². The summed E-state index contributed by atoms with van der Waals surface area (Å²) in [4.78, 5) is 27.1. The van der Waals surface area contributed by atoms with Gasteiger partial charge in [0, 0.05) is 13.6 Å². The van der Waals surface area contributed by atoms with Crippen molar-refractivity contribution in [2.24, 2.45) is 0 Å². The van der Waals surface area contributed by atoms with Crippen LogP contribution in [0.1, 0.15) is 26.2 Å². The van der Waals surface area contributed by atoms with Gasteiger partial charge in [0.05, 0.1) is 25.6 Å². The standard InChI is InChI=1S/C13H21N3O3/c1-3-19-13(18)11-6-4-9-16(11)10-12(17)15(2)8-5-7-14/h11H,3-6,8-10H2,1-2H3. The van der Waals surface area contributed by atoms with Crippen molar-refractivity contribution in [1.29, 1.82) is 5.26 Å². The Kier molecular flexibility index (Phi) is 6.30. The first-order valence-electron chi connectivity index (χ1n) is 6.61. The van der Waals surface area contributed by atoms with Crippen LogP contribution in [0, 0.1) is 11.3 Å². The highest BCUT2D eigenvalue weighted by Gasteiger charge is 2.33. The molecule has 6 heteroatoms.